The molecule has 94 valence electrons. The van der Waals surface area contributed by atoms with Crippen LogP contribution in [0.4, 0.5) is 0 Å². The molecule has 2 aromatic rings. The highest BCUT2D eigenvalue weighted by Gasteiger charge is 2.19. The first-order valence-electron chi connectivity index (χ1n) is 5.90. The van der Waals surface area contributed by atoms with Crippen LogP contribution in [0.3, 0.4) is 0 Å². The fraction of sp³-hybridized carbons (Fsp3) is 0.417. The van der Waals surface area contributed by atoms with Gasteiger partial charge in [-0.25, -0.2) is 0 Å². The average molecular weight is 247 g/mol. The van der Waals surface area contributed by atoms with Crippen molar-refractivity contribution in [2.75, 3.05) is 6.61 Å². The molecule has 0 saturated carbocycles. The molecule has 0 bridgehead atoms. The molecule has 1 fully saturated rings. The minimum Gasteiger partial charge on any atom is -0.506 e. The molecule has 0 amide bonds. The molecule has 3 heterocycles. The summed E-state index contributed by atoms with van der Waals surface area (Å²) in [5.74, 6) is 1.07. The molecule has 6 nitrogen and oxygen atoms in total. The largest absolute Gasteiger partial charge is 0.506 e. The maximum absolute atomic E-state index is 9.34. The summed E-state index contributed by atoms with van der Waals surface area (Å²) in [7, 11) is 0. The van der Waals surface area contributed by atoms with Crippen LogP contribution in [0.25, 0.3) is 11.5 Å². The van der Waals surface area contributed by atoms with Crippen LogP contribution in [0.2, 0.25) is 0 Å². The van der Waals surface area contributed by atoms with Crippen molar-refractivity contribution in [2.45, 2.75) is 25.4 Å². The molecule has 0 aliphatic carbocycles. The van der Waals surface area contributed by atoms with Gasteiger partial charge in [0.2, 0.25) is 0 Å². The Balaban J connectivity index is 1.76. The van der Waals surface area contributed by atoms with Crippen LogP contribution >= 0.6 is 0 Å². The SMILES string of the molecule is Oc1cncc(-c2nc(CC3CCCO3)no2)c1. The summed E-state index contributed by atoms with van der Waals surface area (Å²) in [4.78, 5) is 8.15. The first-order valence-corrected chi connectivity index (χ1v) is 5.90. The van der Waals surface area contributed by atoms with Crippen LogP contribution in [-0.4, -0.2) is 32.9 Å². The van der Waals surface area contributed by atoms with E-state index in [-0.39, 0.29) is 11.9 Å². The van der Waals surface area contributed by atoms with Crippen LogP contribution in [-0.2, 0) is 11.2 Å². The van der Waals surface area contributed by atoms with Gasteiger partial charge in [0, 0.05) is 19.2 Å². The Morgan fingerprint density at radius 3 is 3.11 bits per heavy atom. The Labute approximate surface area is 104 Å². The minimum absolute atomic E-state index is 0.0753. The fourth-order valence-electron chi connectivity index (χ4n) is 2.01. The van der Waals surface area contributed by atoms with Crippen molar-refractivity contribution in [3.8, 4) is 17.2 Å². The summed E-state index contributed by atoms with van der Waals surface area (Å²) in [6.45, 7) is 0.811. The molecule has 1 unspecified atom stereocenters. The van der Waals surface area contributed by atoms with Crippen molar-refractivity contribution >= 4 is 0 Å². The van der Waals surface area contributed by atoms with Crippen molar-refractivity contribution in [3.63, 3.8) is 0 Å². The van der Waals surface area contributed by atoms with Gasteiger partial charge in [0.15, 0.2) is 5.82 Å². The third-order valence-corrected chi connectivity index (χ3v) is 2.87. The fourth-order valence-corrected chi connectivity index (χ4v) is 2.01. The number of pyridine rings is 1. The molecule has 18 heavy (non-hydrogen) atoms. The lowest BCUT2D eigenvalue weighted by Gasteiger charge is -2.03. The zero-order valence-electron chi connectivity index (χ0n) is 9.74. The monoisotopic (exact) mass is 247 g/mol. The summed E-state index contributed by atoms with van der Waals surface area (Å²) in [6.07, 6.45) is 5.91. The number of hydrogen-bond donors (Lipinski definition) is 1. The van der Waals surface area contributed by atoms with E-state index < -0.39 is 0 Å². The number of ether oxygens (including phenoxy) is 1. The molecule has 1 atom stereocenters. The summed E-state index contributed by atoms with van der Waals surface area (Å²) in [5, 5.41) is 13.2. The van der Waals surface area contributed by atoms with Crippen molar-refractivity contribution in [1.82, 2.24) is 15.1 Å². The van der Waals surface area contributed by atoms with Gasteiger partial charge in [-0.1, -0.05) is 5.16 Å². The highest BCUT2D eigenvalue weighted by molar-refractivity contribution is 5.53. The summed E-state index contributed by atoms with van der Waals surface area (Å²) < 4.78 is 10.7. The van der Waals surface area contributed by atoms with Crippen molar-refractivity contribution in [3.05, 3.63) is 24.3 Å². The molecule has 6 heteroatoms. The molecule has 3 rings (SSSR count). The predicted octanol–water partition coefficient (Wildman–Crippen LogP) is 1.56. The third-order valence-electron chi connectivity index (χ3n) is 2.87. The molecule has 1 N–H and O–H groups in total. The van der Waals surface area contributed by atoms with Gasteiger partial charge in [-0.2, -0.15) is 4.98 Å². The summed E-state index contributed by atoms with van der Waals surface area (Å²) >= 11 is 0. The van der Waals surface area contributed by atoms with Crippen molar-refractivity contribution in [1.29, 1.82) is 0 Å². The summed E-state index contributed by atoms with van der Waals surface area (Å²) in [5.41, 5.74) is 0.612. The van der Waals surface area contributed by atoms with E-state index >= 15 is 0 Å². The molecule has 0 spiro atoms. The zero-order valence-corrected chi connectivity index (χ0v) is 9.74. The minimum atomic E-state index is 0.0753. The number of aromatic hydroxyl groups is 1. The van der Waals surface area contributed by atoms with E-state index in [1.807, 2.05) is 0 Å². The molecular weight excluding hydrogens is 234 g/mol. The number of aromatic nitrogens is 3. The Morgan fingerprint density at radius 1 is 1.39 bits per heavy atom. The van der Waals surface area contributed by atoms with E-state index in [2.05, 4.69) is 15.1 Å². The van der Waals surface area contributed by atoms with E-state index in [0.29, 0.717) is 23.7 Å². The van der Waals surface area contributed by atoms with Crippen molar-refractivity contribution in [2.24, 2.45) is 0 Å². The predicted molar refractivity (Wildman–Crippen MR) is 61.9 cm³/mol. The van der Waals surface area contributed by atoms with Gasteiger partial charge in [0.1, 0.15) is 5.75 Å². The topological polar surface area (TPSA) is 81.3 Å². The zero-order chi connectivity index (χ0) is 12.4. The van der Waals surface area contributed by atoms with E-state index in [4.69, 9.17) is 9.26 Å². The van der Waals surface area contributed by atoms with Crippen LogP contribution in [0.5, 0.6) is 5.75 Å². The van der Waals surface area contributed by atoms with Gasteiger partial charge >= 0.3 is 0 Å². The summed E-state index contributed by atoms with van der Waals surface area (Å²) in [6, 6.07) is 1.54. The Morgan fingerprint density at radius 2 is 2.33 bits per heavy atom. The van der Waals surface area contributed by atoms with Gasteiger partial charge in [-0.05, 0) is 18.9 Å². The first-order chi connectivity index (χ1) is 8.81. The maximum Gasteiger partial charge on any atom is 0.259 e. The van der Waals surface area contributed by atoms with Crippen molar-refractivity contribution < 1.29 is 14.4 Å². The van der Waals surface area contributed by atoms with Gasteiger partial charge in [0.05, 0.1) is 17.9 Å². The second-order valence-corrected chi connectivity index (χ2v) is 4.29. The van der Waals surface area contributed by atoms with Crippen LogP contribution in [0.1, 0.15) is 18.7 Å². The normalized spacial score (nSPS) is 19.2. The highest BCUT2D eigenvalue weighted by atomic mass is 16.5. The number of nitrogens with zero attached hydrogens (tertiary/aromatic N) is 3. The Hall–Kier alpha value is -1.95. The van der Waals surface area contributed by atoms with Gasteiger partial charge in [-0.3, -0.25) is 4.98 Å². The maximum atomic E-state index is 9.34. The van der Waals surface area contributed by atoms with E-state index in [1.165, 1.54) is 12.3 Å². The van der Waals surface area contributed by atoms with E-state index in [1.54, 1.807) is 6.20 Å². The van der Waals surface area contributed by atoms with Crippen LogP contribution in [0.15, 0.2) is 23.0 Å². The molecular formula is C12H13N3O3. The van der Waals surface area contributed by atoms with Crippen LogP contribution in [0, 0.1) is 0 Å². The van der Waals surface area contributed by atoms with Gasteiger partial charge in [0.25, 0.3) is 5.89 Å². The second kappa shape index (κ2) is 4.73. The van der Waals surface area contributed by atoms with E-state index in [9.17, 15) is 5.11 Å². The Bertz CT molecular complexity index is 535. The Kier molecular flexibility index (Phi) is 2.93. The molecule has 1 aliphatic heterocycles. The van der Waals surface area contributed by atoms with E-state index in [0.717, 1.165) is 19.4 Å². The molecule has 1 saturated heterocycles. The molecule has 0 aromatic carbocycles. The third kappa shape index (κ3) is 2.33. The quantitative estimate of drug-likeness (QED) is 0.886. The lowest BCUT2D eigenvalue weighted by molar-refractivity contribution is 0.109. The second-order valence-electron chi connectivity index (χ2n) is 4.29. The lowest BCUT2D eigenvalue weighted by atomic mass is 10.2. The number of rotatable bonds is 3. The van der Waals surface area contributed by atoms with Gasteiger partial charge < -0.3 is 14.4 Å². The lowest BCUT2D eigenvalue weighted by Crippen LogP contribution is -2.09. The van der Waals surface area contributed by atoms with Gasteiger partial charge in [-0.15, -0.1) is 0 Å². The molecule has 2 aromatic heterocycles. The standard InChI is InChI=1S/C12H13N3O3/c16-9-4-8(6-13-7-9)12-14-11(15-18-12)5-10-2-1-3-17-10/h4,6-7,10,16H,1-3,5H2. The average Bonchev–Trinajstić information content (AvgIpc) is 3.01. The smallest absolute Gasteiger partial charge is 0.259 e. The number of hydrogen-bond acceptors (Lipinski definition) is 6. The van der Waals surface area contributed by atoms with Crippen LogP contribution < -0.4 is 0 Å². The first kappa shape index (κ1) is 11.2. The highest BCUT2D eigenvalue weighted by Crippen LogP contribution is 2.21. The molecule has 0 radical (unpaired) electrons. The molecule has 1 aliphatic rings.